The Morgan fingerprint density at radius 1 is 0.206 bits per heavy atom. The minimum absolute atomic E-state index is 0.0392. The molecular formula is C128H112N8. The molecule has 0 fully saturated rings. The van der Waals surface area contributed by atoms with Crippen molar-refractivity contribution in [1.29, 1.82) is 0 Å². The summed E-state index contributed by atoms with van der Waals surface area (Å²) >= 11 is 0. The number of allylic oxidation sites excluding steroid dienone is 8. The lowest BCUT2D eigenvalue weighted by molar-refractivity contribution is 0.332. The minimum Gasteiger partial charge on any atom is -0.334 e. The fraction of sp³-hybridized carbons (Fsp3) is 0.156. The normalized spacial score (nSPS) is 20.0. The van der Waals surface area contributed by atoms with E-state index in [9.17, 15) is 0 Å². The molecule has 16 aromatic rings. The number of anilines is 8. The highest BCUT2D eigenvalue weighted by atomic mass is 15.2. The van der Waals surface area contributed by atoms with E-state index in [1.807, 2.05) is 67.4 Å². The molecule has 4 aliphatic carbocycles. The van der Waals surface area contributed by atoms with Crippen LogP contribution >= 0.6 is 0 Å². The van der Waals surface area contributed by atoms with Gasteiger partial charge in [-0.15, -0.1) is 0 Å². The van der Waals surface area contributed by atoms with Gasteiger partial charge in [-0.2, -0.15) is 0 Å². The van der Waals surface area contributed by atoms with Crippen molar-refractivity contribution in [3.8, 4) is 89.4 Å². The lowest BCUT2D eigenvalue weighted by Crippen LogP contribution is -2.49. The number of pyridine rings is 4. The van der Waals surface area contributed by atoms with Gasteiger partial charge in [-0.3, -0.25) is 19.9 Å². The van der Waals surface area contributed by atoms with Gasteiger partial charge in [0.25, 0.3) is 0 Å². The smallest absolute Gasteiger partial charge is 0.0781 e. The summed E-state index contributed by atoms with van der Waals surface area (Å²) in [7, 11) is 0. The van der Waals surface area contributed by atoms with Crippen LogP contribution in [-0.4, -0.2) is 44.1 Å². The Labute approximate surface area is 802 Å². The number of fused-ring (bicyclic) bond motifs is 8. The van der Waals surface area contributed by atoms with Crippen LogP contribution in [0.25, 0.3) is 89.4 Å². The molecule has 8 atom stereocenters. The topological polar surface area (TPSA) is 64.5 Å². The maximum absolute atomic E-state index is 4.82. The zero-order valence-electron chi connectivity index (χ0n) is 78.4. The van der Waals surface area contributed by atoms with Crippen LogP contribution in [0.5, 0.6) is 0 Å². The molecule has 0 N–H and O–H groups in total. The zero-order chi connectivity index (χ0) is 92.5. The van der Waals surface area contributed by atoms with Gasteiger partial charge in [0.15, 0.2) is 0 Å². The summed E-state index contributed by atoms with van der Waals surface area (Å²) in [4.78, 5) is 28.6. The molecule has 664 valence electrons. The highest BCUT2D eigenvalue weighted by molar-refractivity contribution is 5.93. The van der Waals surface area contributed by atoms with Crippen molar-refractivity contribution in [3.63, 3.8) is 0 Å². The quantitative estimate of drug-likeness (QED) is 0.120. The maximum Gasteiger partial charge on any atom is 0.0781 e. The molecule has 0 radical (unpaired) electrons. The van der Waals surface area contributed by atoms with Crippen LogP contribution in [0.2, 0.25) is 0 Å². The standard InChI is InChI=1S/4C32H28N2/c1-32(2)27-15-4-7-18-30(27)34(31-19-8-5-16-28(31)32)29-17-6-3-14-26(29)24-12-9-11-23(21-24)25-13-10-20-33-22-25;1-32(2)26-15-4-7-19-30(26)34(31-20-8-5-16-27(31)32)29-18-6-3-14-25(29)23-12-11-13-24(22-23)28-17-9-10-21-33-28;1-32(2)26-17-7-10-20-29(26)34(30-21-11-8-18-27(30)32)28-19-9-6-15-24(28)25-16-12-22-33-31(25)23-13-4-3-5-14-23;1-32(2)27-17-6-8-19-29(27)34(30-20-9-7-18-28(30)32)25-15-10-14-24(22-25)26-16-11-21-33-31(26)23-12-4-3-5-13-23/h3-22,27,30H,1-2H3;3-22,26,30H,1-2H3;3-22,26,29H,1-2H3;3-22,27,29H,1-2H3. The number of hydrogen-bond acceptors (Lipinski definition) is 8. The molecule has 136 heavy (non-hydrogen) atoms. The number of benzene rings is 12. The van der Waals surface area contributed by atoms with Crippen LogP contribution in [0.1, 0.15) is 77.6 Å². The molecule has 8 heteroatoms. The van der Waals surface area contributed by atoms with Gasteiger partial charge in [-0.05, 0) is 142 Å². The molecule has 4 aliphatic heterocycles. The lowest BCUT2D eigenvalue weighted by atomic mass is 9.65. The van der Waals surface area contributed by atoms with E-state index in [0.29, 0.717) is 23.7 Å². The third-order valence-corrected chi connectivity index (χ3v) is 29.6. The van der Waals surface area contributed by atoms with Crippen LogP contribution in [0.3, 0.4) is 0 Å². The zero-order valence-corrected chi connectivity index (χ0v) is 78.4. The van der Waals surface area contributed by atoms with Gasteiger partial charge in [-0.1, -0.05) is 413 Å². The summed E-state index contributed by atoms with van der Waals surface area (Å²) in [5.41, 5.74) is 34.1. The van der Waals surface area contributed by atoms with Gasteiger partial charge in [-0.25, -0.2) is 0 Å². The average Bonchev–Trinajstić information content (AvgIpc) is 0.747. The van der Waals surface area contributed by atoms with E-state index in [4.69, 9.17) is 9.97 Å². The van der Waals surface area contributed by atoms with Crippen LogP contribution in [0, 0.1) is 23.7 Å². The molecule has 0 bridgehead atoms. The molecule has 12 aromatic carbocycles. The summed E-state index contributed by atoms with van der Waals surface area (Å²) in [6, 6.07) is 129. The predicted octanol–water partition coefficient (Wildman–Crippen LogP) is 31.8. The molecule has 4 aromatic heterocycles. The molecule has 8 nitrogen and oxygen atoms in total. The average molecular weight is 1760 g/mol. The Morgan fingerprint density at radius 3 is 0.956 bits per heavy atom. The van der Waals surface area contributed by atoms with E-state index in [-0.39, 0.29) is 45.8 Å². The number of rotatable bonds is 12. The number of para-hydroxylation sites is 7. The molecule has 8 heterocycles. The monoisotopic (exact) mass is 1760 g/mol. The van der Waals surface area contributed by atoms with E-state index in [1.54, 1.807) is 0 Å². The Bertz CT molecular complexity index is 7110. The fourth-order valence-electron chi connectivity index (χ4n) is 22.8. The van der Waals surface area contributed by atoms with Crippen molar-refractivity contribution in [1.82, 2.24) is 19.9 Å². The van der Waals surface area contributed by atoms with Crippen LogP contribution in [0.4, 0.5) is 45.5 Å². The Morgan fingerprint density at radius 2 is 0.515 bits per heavy atom. The molecule has 8 aliphatic rings. The van der Waals surface area contributed by atoms with Crippen LogP contribution < -0.4 is 19.6 Å². The summed E-state index contributed by atoms with van der Waals surface area (Å²) in [6.45, 7) is 19.0. The molecule has 0 amide bonds. The summed E-state index contributed by atoms with van der Waals surface area (Å²) in [6.07, 6.45) is 46.0. The summed E-state index contributed by atoms with van der Waals surface area (Å²) in [5.74, 6) is 1.56. The van der Waals surface area contributed by atoms with Crippen LogP contribution in [0.15, 0.2) is 486 Å². The van der Waals surface area contributed by atoms with Gasteiger partial charge in [0.1, 0.15) is 0 Å². The van der Waals surface area contributed by atoms with E-state index in [2.05, 4.69) is 504 Å². The van der Waals surface area contributed by atoms with E-state index in [1.165, 1.54) is 107 Å². The molecule has 8 unspecified atom stereocenters. The number of aromatic nitrogens is 4. The maximum atomic E-state index is 4.82. The number of hydrogen-bond donors (Lipinski definition) is 0. The third-order valence-electron chi connectivity index (χ3n) is 29.6. The summed E-state index contributed by atoms with van der Waals surface area (Å²) in [5, 5.41) is 0. The second kappa shape index (κ2) is 37.1. The Hall–Kier alpha value is -15.6. The Kier molecular flexibility index (Phi) is 23.7. The van der Waals surface area contributed by atoms with Crippen molar-refractivity contribution >= 4 is 45.5 Å². The summed E-state index contributed by atoms with van der Waals surface area (Å²) < 4.78 is 0. The number of nitrogens with zero attached hydrogens (tertiary/aromatic N) is 8. The first-order valence-corrected chi connectivity index (χ1v) is 48.0. The largest absolute Gasteiger partial charge is 0.334 e. The van der Waals surface area contributed by atoms with E-state index < -0.39 is 0 Å². The fourth-order valence-corrected chi connectivity index (χ4v) is 22.8. The first-order valence-electron chi connectivity index (χ1n) is 48.0. The third kappa shape index (κ3) is 16.2. The van der Waals surface area contributed by atoms with Crippen molar-refractivity contribution in [3.05, 3.63) is 508 Å². The van der Waals surface area contributed by atoms with E-state index >= 15 is 0 Å². The van der Waals surface area contributed by atoms with Crippen molar-refractivity contribution in [2.75, 3.05) is 19.6 Å². The molecule has 0 saturated heterocycles. The molecule has 0 saturated carbocycles. The van der Waals surface area contributed by atoms with Gasteiger partial charge in [0.05, 0.1) is 41.2 Å². The molecule has 0 spiro atoms. The highest BCUT2D eigenvalue weighted by Gasteiger charge is 2.50. The Balaban J connectivity index is 0.000000108. The van der Waals surface area contributed by atoms with Gasteiger partial charge < -0.3 is 19.6 Å². The van der Waals surface area contributed by atoms with Crippen molar-refractivity contribution in [2.24, 2.45) is 23.7 Å². The SMILES string of the molecule is CC1(C)c2ccccc2N(c2cccc(-c3cccnc3-c3ccccc3)c2)C2C=CC=CC21.CC1(C)c2ccccc2N(c2ccccc2-c2cccc(-c3ccccn3)c2)C2C=CC=CC21.CC1(C)c2ccccc2N(c2ccccc2-c2cccc(-c3cccnc3)c2)C2C=CC=CC21.CC1(C)c2ccccc2N(c2ccccc2-c2cccnc2-c2ccccc2)C2C=CC=CC21. The van der Waals surface area contributed by atoms with Crippen molar-refractivity contribution < 1.29 is 0 Å². The van der Waals surface area contributed by atoms with Gasteiger partial charge in [0.2, 0.25) is 0 Å². The van der Waals surface area contributed by atoms with Gasteiger partial charge >= 0.3 is 0 Å². The molecule has 24 rings (SSSR count). The van der Waals surface area contributed by atoms with Crippen molar-refractivity contribution in [2.45, 2.75) is 101 Å². The first-order chi connectivity index (χ1) is 66.6. The highest BCUT2D eigenvalue weighted by Crippen LogP contribution is 2.58. The van der Waals surface area contributed by atoms with Gasteiger partial charge in [0, 0.05) is 172 Å². The lowest BCUT2D eigenvalue weighted by Gasteiger charge is -2.51. The second-order valence-corrected chi connectivity index (χ2v) is 38.8. The predicted molar refractivity (Wildman–Crippen MR) is 569 cm³/mol. The van der Waals surface area contributed by atoms with Crippen LogP contribution in [-0.2, 0) is 21.7 Å². The second-order valence-electron chi connectivity index (χ2n) is 38.8. The molecular weight excluding hydrogens is 1650 g/mol. The first kappa shape index (κ1) is 87.0. The van der Waals surface area contributed by atoms with E-state index in [0.717, 1.165) is 50.5 Å². The minimum atomic E-state index is 0.0392.